The molecule has 1 unspecified atom stereocenters. The van der Waals surface area contributed by atoms with E-state index < -0.39 is 35.3 Å². The van der Waals surface area contributed by atoms with Crippen LogP contribution >= 0.6 is 11.3 Å². The van der Waals surface area contributed by atoms with Gasteiger partial charge in [-0.2, -0.15) is 0 Å². The summed E-state index contributed by atoms with van der Waals surface area (Å²) in [5.41, 5.74) is -3.68. The van der Waals surface area contributed by atoms with Crippen molar-refractivity contribution in [2.75, 3.05) is 0 Å². The summed E-state index contributed by atoms with van der Waals surface area (Å²) in [5, 5.41) is 55.0. The lowest BCUT2D eigenvalue weighted by Gasteiger charge is -2.61. The van der Waals surface area contributed by atoms with Crippen LogP contribution in [0, 0.1) is 0 Å². The standard InChI is InChI=1S/C38H38O6S/c39-33(23-28-13-5-1-6-14-28)34-36(40,24-29-15-7-2-8-16-29)38(42,26-31-19-11-4-12-20-31)37(41,25-30-17-9-3-10-18-30)35(44-34)43-32-21-22-45-27-32/h1-22,27,33-35,39-42H,23-26H2/t33?,34-,35+,36-,37+,38+/m1/s1. The normalized spacial score (nSPS) is 27.1. The number of hydrogen-bond donors (Lipinski definition) is 4. The van der Waals surface area contributed by atoms with Crippen molar-refractivity contribution in [3.8, 4) is 5.75 Å². The molecule has 0 bridgehead atoms. The highest BCUT2D eigenvalue weighted by Crippen LogP contribution is 2.51. The first-order valence-electron chi connectivity index (χ1n) is 15.2. The van der Waals surface area contributed by atoms with Gasteiger partial charge in [0.25, 0.3) is 0 Å². The lowest BCUT2D eigenvalue weighted by Crippen LogP contribution is -2.83. The molecule has 5 aromatic rings. The third kappa shape index (κ3) is 6.33. The van der Waals surface area contributed by atoms with Crippen molar-refractivity contribution >= 4 is 11.3 Å². The molecule has 1 aliphatic rings. The van der Waals surface area contributed by atoms with Gasteiger partial charge in [0.2, 0.25) is 6.29 Å². The second-order valence-electron chi connectivity index (χ2n) is 11.9. The monoisotopic (exact) mass is 622 g/mol. The van der Waals surface area contributed by atoms with Crippen LogP contribution in [0.4, 0.5) is 0 Å². The van der Waals surface area contributed by atoms with Crippen molar-refractivity contribution in [3.63, 3.8) is 0 Å². The van der Waals surface area contributed by atoms with Crippen LogP contribution in [0.3, 0.4) is 0 Å². The first kappa shape index (κ1) is 31.2. The molecule has 1 saturated heterocycles. The van der Waals surface area contributed by atoms with Crippen LogP contribution in [-0.4, -0.2) is 55.7 Å². The molecule has 0 saturated carbocycles. The quantitative estimate of drug-likeness (QED) is 0.158. The fourth-order valence-corrected chi connectivity index (χ4v) is 7.15. The minimum atomic E-state index is -2.28. The molecule has 45 heavy (non-hydrogen) atoms. The Morgan fingerprint density at radius 2 is 1.09 bits per heavy atom. The molecule has 0 spiro atoms. The van der Waals surface area contributed by atoms with Crippen molar-refractivity contribution in [2.24, 2.45) is 0 Å². The fourth-order valence-electron chi connectivity index (χ4n) is 6.59. The van der Waals surface area contributed by atoms with Crippen LogP contribution in [0.1, 0.15) is 22.3 Å². The Kier molecular flexibility index (Phi) is 9.19. The maximum absolute atomic E-state index is 13.3. The molecule has 6 nitrogen and oxygen atoms in total. The van der Waals surface area contributed by atoms with E-state index in [0.29, 0.717) is 16.9 Å². The molecule has 0 radical (unpaired) electrons. The first-order chi connectivity index (χ1) is 21.8. The van der Waals surface area contributed by atoms with Gasteiger partial charge in [0.15, 0.2) is 5.60 Å². The van der Waals surface area contributed by atoms with E-state index in [1.807, 2.05) is 127 Å². The molecule has 232 valence electrons. The van der Waals surface area contributed by atoms with Crippen molar-refractivity contribution in [2.45, 2.75) is 61.0 Å². The summed E-state index contributed by atoms with van der Waals surface area (Å²) in [6.07, 6.45) is -4.26. The molecular weight excluding hydrogens is 584 g/mol. The van der Waals surface area contributed by atoms with Gasteiger partial charge in [-0.15, -0.1) is 11.3 Å². The number of thiophene rings is 1. The molecular formula is C38H38O6S. The summed E-state index contributed by atoms with van der Waals surface area (Å²) in [5.74, 6) is 0.448. The average molecular weight is 623 g/mol. The average Bonchev–Trinajstić information content (AvgIpc) is 3.57. The molecule has 0 amide bonds. The third-order valence-electron chi connectivity index (χ3n) is 8.87. The maximum atomic E-state index is 13.3. The molecule has 1 fully saturated rings. The summed E-state index contributed by atoms with van der Waals surface area (Å²) < 4.78 is 12.9. The van der Waals surface area contributed by atoms with Gasteiger partial charge in [-0.05, 0) is 33.7 Å². The van der Waals surface area contributed by atoms with Crippen molar-refractivity contribution in [3.05, 3.63) is 160 Å². The Morgan fingerprint density at radius 1 is 0.622 bits per heavy atom. The zero-order valence-electron chi connectivity index (χ0n) is 24.9. The van der Waals surface area contributed by atoms with Crippen LogP contribution in [0.25, 0.3) is 0 Å². The molecule has 6 atom stereocenters. The van der Waals surface area contributed by atoms with Crippen LogP contribution < -0.4 is 4.74 Å². The van der Waals surface area contributed by atoms with E-state index in [4.69, 9.17) is 9.47 Å². The number of ether oxygens (including phenoxy) is 2. The van der Waals surface area contributed by atoms with E-state index in [1.54, 1.807) is 11.4 Å². The lowest BCUT2D eigenvalue weighted by atomic mass is 9.59. The Balaban J connectivity index is 1.54. The number of rotatable bonds is 11. The molecule has 2 heterocycles. The van der Waals surface area contributed by atoms with Gasteiger partial charge in [0.1, 0.15) is 23.1 Å². The minimum absolute atomic E-state index is 0.0927. The van der Waals surface area contributed by atoms with Crippen molar-refractivity contribution in [1.82, 2.24) is 0 Å². The number of benzene rings is 4. The van der Waals surface area contributed by atoms with Crippen LogP contribution in [-0.2, 0) is 30.4 Å². The highest BCUT2D eigenvalue weighted by Gasteiger charge is 2.73. The predicted molar refractivity (Wildman–Crippen MR) is 175 cm³/mol. The highest BCUT2D eigenvalue weighted by atomic mass is 32.1. The Morgan fingerprint density at radius 3 is 1.58 bits per heavy atom. The zero-order chi connectivity index (χ0) is 31.3. The van der Waals surface area contributed by atoms with Gasteiger partial charge in [-0.1, -0.05) is 121 Å². The number of hydrogen-bond acceptors (Lipinski definition) is 7. The zero-order valence-corrected chi connectivity index (χ0v) is 25.7. The van der Waals surface area contributed by atoms with Crippen LogP contribution in [0.5, 0.6) is 5.75 Å². The van der Waals surface area contributed by atoms with Gasteiger partial charge in [0.05, 0.1) is 6.10 Å². The topological polar surface area (TPSA) is 99.4 Å². The van der Waals surface area contributed by atoms with E-state index >= 15 is 0 Å². The molecule has 0 aliphatic carbocycles. The Hall–Kier alpha value is -3.82. The fraction of sp³-hybridized carbons (Fsp3) is 0.263. The first-order valence-corrected chi connectivity index (χ1v) is 16.1. The summed E-state index contributed by atoms with van der Waals surface area (Å²) in [6.45, 7) is 0. The second-order valence-corrected chi connectivity index (χ2v) is 12.7. The van der Waals surface area contributed by atoms with Crippen LogP contribution in [0.15, 0.2) is 138 Å². The van der Waals surface area contributed by atoms with E-state index in [-0.39, 0.29) is 25.7 Å². The van der Waals surface area contributed by atoms with Crippen molar-refractivity contribution < 1.29 is 29.9 Å². The number of aliphatic hydroxyl groups excluding tert-OH is 1. The largest absolute Gasteiger partial charge is 0.461 e. The molecule has 7 heteroatoms. The minimum Gasteiger partial charge on any atom is -0.461 e. The molecule has 6 rings (SSSR count). The van der Waals surface area contributed by atoms with Gasteiger partial charge in [-0.3, -0.25) is 0 Å². The molecule has 1 aromatic heterocycles. The summed E-state index contributed by atoms with van der Waals surface area (Å²) in [7, 11) is 0. The summed E-state index contributed by atoms with van der Waals surface area (Å²) >= 11 is 1.42. The third-order valence-corrected chi connectivity index (χ3v) is 9.54. The van der Waals surface area contributed by atoms with E-state index in [0.717, 1.165) is 11.1 Å². The van der Waals surface area contributed by atoms with Gasteiger partial charge in [-0.25, -0.2) is 0 Å². The van der Waals surface area contributed by atoms with E-state index in [9.17, 15) is 20.4 Å². The lowest BCUT2D eigenvalue weighted by molar-refractivity contribution is -0.395. The van der Waals surface area contributed by atoms with Gasteiger partial charge in [0, 0.05) is 31.1 Å². The SMILES string of the molecule is OC(Cc1ccccc1)[C@H]1O[C@H](Oc2ccsc2)[C@@](O)(Cc2ccccc2)[C@](O)(Cc2ccccc2)[C@@]1(O)Cc1ccccc1. The van der Waals surface area contributed by atoms with E-state index in [1.165, 1.54) is 11.3 Å². The summed E-state index contributed by atoms with van der Waals surface area (Å²) in [6, 6.07) is 39.1. The Bertz CT molecular complexity index is 1620. The molecule has 4 N–H and O–H groups in total. The van der Waals surface area contributed by atoms with Gasteiger partial charge >= 0.3 is 0 Å². The smallest absolute Gasteiger partial charge is 0.232 e. The molecule has 4 aromatic carbocycles. The Labute approximate surface area is 267 Å². The predicted octanol–water partition coefficient (Wildman–Crippen LogP) is 5.38. The van der Waals surface area contributed by atoms with Gasteiger partial charge < -0.3 is 29.9 Å². The second kappa shape index (κ2) is 13.3. The van der Waals surface area contributed by atoms with Crippen LogP contribution in [0.2, 0.25) is 0 Å². The molecule has 1 aliphatic heterocycles. The van der Waals surface area contributed by atoms with Crippen molar-refractivity contribution in [1.29, 1.82) is 0 Å². The van der Waals surface area contributed by atoms with E-state index in [2.05, 4.69) is 0 Å². The number of aliphatic hydroxyl groups is 4. The summed E-state index contributed by atoms with van der Waals surface area (Å²) in [4.78, 5) is 0. The maximum Gasteiger partial charge on any atom is 0.232 e. The highest BCUT2D eigenvalue weighted by molar-refractivity contribution is 7.08.